The lowest BCUT2D eigenvalue weighted by atomic mass is 10.1. The first-order valence-electron chi connectivity index (χ1n) is 6.89. The molecule has 1 aromatic carbocycles. The van der Waals surface area contributed by atoms with Crippen LogP contribution >= 0.6 is 0 Å². The van der Waals surface area contributed by atoms with Crippen LogP contribution in [-0.2, 0) is 13.0 Å². The van der Waals surface area contributed by atoms with Gasteiger partial charge in [0.25, 0.3) is 0 Å². The van der Waals surface area contributed by atoms with Crippen LogP contribution in [0, 0.1) is 5.82 Å². The number of imidazole rings is 1. The van der Waals surface area contributed by atoms with Crippen LogP contribution in [0.15, 0.2) is 18.2 Å². The summed E-state index contributed by atoms with van der Waals surface area (Å²) in [5, 5.41) is 3.27. The fourth-order valence-corrected chi connectivity index (χ4v) is 2.42. The van der Waals surface area contributed by atoms with Crippen LogP contribution in [-0.4, -0.2) is 22.6 Å². The number of halogens is 1. The third-order valence-electron chi connectivity index (χ3n) is 3.28. The Bertz CT molecular complexity index is 598. The van der Waals surface area contributed by atoms with E-state index < -0.39 is 0 Å². The van der Waals surface area contributed by atoms with Gasteiger partial charge < -0.3 is 15.0 Å². The Morgan fingerprint density at radius 1 is 1.35 bits per heavy atom. The van der Waals surface area contributed by atoms with Gasteiger partial charge in [-0.1, -0.05) is 6.07 Å². The molecule has 0 fully saturated rings. The number of hydrogen-bond acceptors (Lipinski definition) is 3. The second kappa shape index (κ2) is 5.25. The third-order valence-corrected chi connectivity index (χ3v) is 3.28. The van der Waals surface area contributed by atoms with Gasteiger partial charge in [-0.3, -0.25) is 0 Å². The summed E-state index contributed by atoms with van der Waals surface area (Å²) in [4.78, 5) is 7.75. The van der Waals surface area contributed by atoms with Crippen molar-refractivity contribution in [2.24, 2.45) is 0 Å². The van der Waals surface area contributed by atoms with E-state index in [9.17, 15) is 4.39 Å². The monoisotopic (exact) mass is 275 g/mol. The lowest BCUT2D eigenvalue weighted by molar-refractivity contribution is 0.242. The van der Waals surface area contributed by atoms with Crippen molar-refractivity contribution in [1.29, 1.82) is 0 Å². The zero-order valence-corrected chi connectivity index (χ0v) is 11.7. The molecule has 5 heteroatoms. The maximum Gasteiger partial charge on any atom is 0.144 e. The first kappa shape index (κ1) is 13.1. The zero-order valence-electron chi connectivity index (χ0n) is 11.7. The number of rotatable bonds is 3. The predicted octanol–water partition coefficient (Wildman–Crippen LogP) is 2.65. The van der Waals surface area contributed by atoms with Crippen LogP contribution in [0.1, 0.15) is 25.2 Å². The Balaban J connectivity index is 2.06. The number of fused-ring (bicyclic) bond motifs is 1. The molecule has 0 atom stereocenters. The minimum Gasteiger partial charge on any atom is -0.490 e. The Labute approximate surface area is 117 Å². The molecule has 2 aromatic rings. The molecule has 0 saturated carbocycles. The number of H-pyrrole nitrogens is 1. The average molecular weight is 275 g/mol. The lowest BCUT2D eigenvalue weighted by Crippen LogP contribution is -2.23. The van der Waals surface area contributed by atoms with Crippen LogP contribution in [0.3, 0.4) is 0 Å². The largest absolute Gasteiger partial charge is 0.490 e. The maximum atomic E-state index is 14.2. The highest BCUT2D eigenvalue weighted by Crippen LogP contribution is 2.32. The highest BCUT2D eigenvalue weighted by molar-refractivity contribution is 5.65. The summed E-state index contributed by atoms with van der Waals surface area (Å²) in [6.07, 6.45) is 0.850. The molecule has 0 saturated heterocycles. The first-order valence-corrected chi connectivity index (χ1v) is 6.89. The van der Waals surface area contributed by atoms with Crippen LogP contribution in [0.5, 0.6) is 5.75 Å². The second-order valence-electron chi connectivity index (χ2n) is 5.22. The van der Waals surface area contributed by atoms with Gasteiger partial charge in [-0.25, -0.2) is 9.37 Å². The van der Waals surface area contributed by atoms with Gasteiger partial charge in [-0.05, 0) is 26.0 Å². The molecule has 4 nitrogen and oxygen atoms in total. The molecule has 1 aromatic heterocycles. The van der Waals surface area contributed by atoms with Crippen molar-refractivity contribution in [2.75, 3.05) is 6.54 Å². The molecule has 1 aliphatic rings. The van der Waals surface area contributed by atoms with Gasteiger partial charge >= 0.3 is 0 Å². The van der Waals surface area contributed by atoms with E-state index in [2.05, 4.69) is 15.3 Å². The molecular formula is C15H18FN3O. The summed E-state index contributed by atoms with van der Waals surface area (Å²) in [5.74, 6) is 0.758. The van der Waals surface area contributed by atoms with Crippen molar-refractivity contribution < 1.29 is 9.13 Å². The van der Waals surface area contributed by atoms with E-state index in [1.807, 2.05) is 13.8 Å². The smallest absolute Gasteiger partial charge is 0.144 e. The van der Waals surface area contributed by atoms with E-state index in [1.54, 1.807) is 12.1 Å². The van der Waals surface area contributed by atoms with Gasteiger partial charge in [0.1, 0.15) is 17.4 Å². The number of aromatic amines is 1. The van der Waals surface area contributed by atoms with Crippen molar-refractivity contribution in [3.8, 4) is 17.1 Å². The van der Waals surface area contributed by atoms with Crippen molar-refractivity contribution in [3.63, 3.8) is 0 Å². The Hall–Kier alpha value is -1.88. The second-order valence-corrected chi connectivity index (χ2v) is 5.22. The van der Waals surface area contributed by atoms with E-state index in [0.29, 0.717) is 17.1 Å². The fraction of sp³-hybridized carbons (Fsp3) is 0.400. The lowest BCUT2D eigenvalue weighted by Gasteiger charge is -2.13. The summed E-state index contributed by atoms with van der Waals surface area (Å²) in [6, 6.07) is 4.86. The van der Waals surface area contributed by atoms with Crippen molar-refractivity contribution in [1.82, 2.24) is 15.3 Å². The summed E-state index contributed by atoms with van der Waals surface area (Å²) in [5.41, 5.74) is 2.46. The molecule has 2 N–H and O–H groups in total. The molecule has 0 aliphatic carbocycles. The molecule has 0 amide bonds. The quantitative estimate of drug-likeness (QED) is 0.905. The molecule has 2 heterocycles. The van der Waals surface area contributed by atoms with E-state index >= 15 is 0 Å². The third kappa shape index (κ3) is 2.41. The number of nitrogens with zero attached hydrogens (tertiary/aromatic N) is 1. The average Bonchev–Trinajstić information content (AvgIpc) is 2.81. The zero-order chi connectivity index (χ0) is 14.1. The molecule has 0 bridgehead atoms. The summed E-state index contributed by atoms with van der Waals surface area (Å²) in [7, 11) is 0. The van der Waals surface area contributed by atoms with E-state index in [-0.39, 0.29) is 11.9 Å². The minimum atomic E-state index is -0.317. The SMILES string of the molecule is CC(C)Oc1cccc(F)c1-c1nc2c([nH]1)CNCC2. The topological polar surface area (TPSA) is 49.9 Å². The molecule has 20 heavy (non-hydrogen) atoms. The maximum absolute atomic E-state index is 14.2. The number of ether oxygens (including phenoxy) is 1. The van der Waals surface area contributed by atoms with Crippen molar-refractivity contribution in [2.45, 2.75) is 32.9 Å². The summed E-state index contributed by atoms with van der Waals surface area (Å²) >= 11 is 0. The Kier molecular flexibility index (Phi) is 3.44. The summed E-state index contributed by atoms with van der Waals surface area (Å²) < 4.78 is 19.9. The normalized spacial score (nSPS) is 14.4. The Morgan fingerprint density at radius 3 is 2.95 bits per heavy atom. The molecule has 1 aliphatic heterocycles. The molecule has 0 radical (unpaired) electrons. The highest BCUT2D eigenvalue weighted by Gasteiger charge is 2.20. The highest BCUT2D eigenvalue weighted by atomic mass is 19.1. The van der Waals surface area contributed by atoms with Gasteiger partial charge in [0.15, 0.2) is 0 Å². The molecule has 3 rings (SSSR count). The first-order chi connectivity index (χ1) is 9.65. The van der Waals surface area contributed by atoms with Crippen LogP contribution in [0.25, 0.3) is 11.4 Å². The van der Waals surface area contributed by atoms with Gasteiger partial charge in [0.2, 0.25) is 0 Å². The van der Waals surface area contributed by atoms with E-state index in [1.165, 1.54) is 6.07 Å². The predicted molar refractivity (Wildman–Crippen MR) is 75.2 cm³/mol. The fourth-order valence-electron chi connectivity index (χ4n) is 2.42. The molecule has 0 spiro atoms. The van der Waals surface area contributed by atoms with Crippen molar-refractivity contribution >= 4 is 0 Å². The van der Waals surface area contributed by atoms with E-state index in [0.717, 1.165) is 30.9 Å². The van der Waals surface area contributed by atoms with Gasteiger partial charge in [-0.15, -0.1) is 0 Å². The molecule has 0 unspecified atom stereocenters. The number of hydrogen-bond donors (Lipinski definition) is 2. The minimum absolute atomic E-state index is 0.0122. The van der Waals surface area contributed by atoms with Crippen LogP contribution in [0.4, 0.5) is 4.39 Å². The van der Waals surface area contributed by atoms with Crippen molar-refractivity contribution in [3.05, 3.63) is 35.4 Å². The number of nitrogens with one attached hydrogen (secondary N) is 2. The standard InChI is InChI=1S/C15H18FN3O/c1-9(2)20-13-5-3-4-10(16)14(13)15-18-11-6-7-17-8-12(11)19-15/h3-5,9,17H,6-8H2,1-2H3,(H,18,19). The Morgan fingerprint density at radius 2 is 2.20 bits per heavy atom. The number of benzene rings is 1. The van der Waals surface area contributed by atoms with Gasteiger partial charge in [-0.2, -0.15) is 0 Å². The summed E-state index contributed by atoms with van der Waals surface area (Å²) in [6.45, 7) is 5.50. The molecule has 106 valence electrons. The molecular weight excluding hydrogens is 257 g/mol. The van der Waals surface area contributed by atoms with Crippen LogP contribution in [0.2, 0.25) is 0 Å². The number of aromatic nitrogens is 2. The van der Waals surface area contributed by atoms with E-state index in [4.69, 9.17) is 4.74 Å². The van der Waals surface area contributed by atoms with Gasteiger partial charge in [0, 0.05) is 19.5 Å². The van der Waals surface area contributed by atoms with Gasteiger partial charge in [0.05, 0.1) is 23.1 Å². The van der Waals surface area contributed by atoms with Crippen LogP contribution < -0.4 is 10.1 Å².